The lowest BCUT2D eigenvalue weighted by Gasteiger charge is -2.35. The molecule has 1 aromatic carbocycles. The Labute approximate surface area is 161 Å². The maximum atomic E-state index is 5.34. The Balaban J connectivity index is 1.47. The summed E-state index contributed by atoms with van der Waals surface area (Å²) in [4.78, 5) is 9.64. The quantitative estimate of drug-likeness (QED) is 0.666. The first-order valence-corrected chi connectivity index (χ1v) is 10.6. The van der Waals surface area contributed by atoms with E-state index in [1.54, 1.807) is 18.4 Å². The third-order valence-corrected chi connectivity index (χ3v) is 6.02. The zero-order valence-electron chi connectivity index (χ0n) is 16.1. The molecule has 0 radical (unpaired) electrons. The van der Waals surface area contributed by atoms with Crippen LogP contribution < -0.4 is 4.74 Å². The highest BCUT2D eigenvalue weighted by molar-refractivity contribution is 7.09. The second-order valence-electron chi connectivity index (χ2n) is 7.16. The van der Waals surface area contributed by atoms with Gasteiger partial charge in [-0.25, -0.2) is 4.98 Å². The summed E-state index contributed by atoms with van der Waals surface area (Å²) in [5.74, 6) is 1.73. The van der Waals surface area contributed by atoms with Crippen molar-refractivity contribution in [1.29, 1.82) is 0 Å². The summed E-state index contributed by atoms with van der Waals surface area (Å²) in [5, 5.41) is 3.31. The summed E-state index contributed by atoms with van der Waals surface area (Å²) in [6, 6.07) is 8.47. The van der Waals surface area contributed by atoms with Crippen molar-refractivity contribution in [3.63, 3.8) is 0 Å². The fourth-order valence-electron chi connectivity index (χ4n) is 3.81. The number of hydrogen-bond acceptors (Lipinski definition) is 5. The molecule has 5 heteroatoms. The van der Waals surface area contributed by atoms with E-state index < -0.39 is 0 Å². The van der Waals surface area contributed by atoms with Gasteiger partial charge in [0, 0.05) is 31.2 Å². The molecule has 0 aliphatic carbocycles. The van der Waals surface area contributed by atoms with Crippen LogP contribution in [-0.2, 0) is 13.0 Å². The summed E-state index contributed by atoms with van der Waals surface area (Å²) in [6.45, 7) is 9.14. The molecule has 1 fully saturated rings. The van der Waals surface area contributed by atoms with Gasteiger partial charge in [-0.2, -0.15) is 0 Å². The van der Waals surface area contributed by atoms with Crippen LogP contribution in [0.15, 0.2) is 35.8 Å². The van der Waals surface area contributed by atoms with Gasteiger partial charge < -0.3 is 9.64 Å². The van der Waals surface area contributed by atoms with E-state index in [9.17, 15) is 0 Å². The molecule has 1 atom stereocenters. The monoisotopic (exact) mass is 373 g/mol. The lowest BCUT2D eigenvalue weighted by molar-refractivity contribution is 0.133. The van der Waals surface area contributed by atoms with E-state index in [0.29, 0.717) is 0 Å². The topological polar surface area (TPSA) is 28.6 Å². The third kappa shape index (κ3) is 5.79. The molecule has 26 heavy (non-hydrogen) atoms. The molecule has 0 amide bonds. The number of nitrogens with zero attached hydrogens (tertiary/aromatic N) is 3. The molecule has 0 unspecified atom stereocenters. The molecule has 3 rings (SSSR count). The predicted octanol–water partition coefficient (Wildman–Crippen LogP) is 3.93. The number of piperidine rings is 1. The molecule has 4 nitrogen and oxygen atoms in total. The number of ether oxygens (including phenoxy) is 1. The maximum Gasteiger partial charge on any atom is 0.119 e. The van der Waals surface area contributed by atoms with Crippen LogP contribution in [0.1, 0.15) is 30.3 Å². The Morgan fingerprint density at radius 1 is 1.38 bits per heavy atom. The normalized spacial score (nSPS) is 18.3. The van der Waals surface area contributed by atoms with Crippen LogP contribution in [0, 0.1) is 5.92 Å². The van der Waals surface area contributed by atoms with Gasteiger partial charge in [-0.3, -0.25) is 4.90 Å². The predicted molar refractivity (Wildman–Crippen MR) is 109 cm³/mol. The van der Waals surface area contributed by atoms with Crippen molar-refractivity contribution in [3.05, 3.63) is 46.4 Å². The first-order valence-electron chi connectivity index (χ1n) is 9.73. The molecular weight excluding hydrogens is 342 g/mol. The minimum atomic E-state index is 0.772. The van der Waals surface area contributed by atoms with E-state index in [4.69, 9.17) is 4.74 Å². The zero-order chi connectivity index (χ0) is 18.2. The van der Waals surface area contributed by atoms with E-state index in [0.717, 1.165) is 37.7 Å². The molecule has 2 heterocycles. The maximum absolute atomic E-state index is 5.34. The molecule has 2 aromatic rings. The van der Waals surface area contributed by atoms with Crippen LogP contribution in [0.25, 0.3) is 0 Å². The molecule has 0 saturated carbocycles. The van der Waals surface area contributed by atoms with E-state index in [1.165, 1.54) is 43.0 Å². The van der Waals surface area contributed by atoms with Crippen molar-refractivity contribution in [3.8, 4) is 5.75 Å². The number of aromatic nitrogens is 1. The van der Waals surface area contributed by atoms with Gasteiger partial charge in [0.2, 0.25) is 0 Å². The summed E-state index contributed by atoms with van der Waals surface area (Å²) >= 11 is 1.76. The van der Waals surface area contributed by atoms with Gasteiger partial charge in [0.05, 0.1) is 13.7 Å². The highest BCUT2D eigenvalue weighted by Crippen LogP contribution is 2.20. The first-order chi connectivity index (χ1) is 12.8. The number of likely N-dealkylation sites (tertiary alicyclic amines) is 1. The second-order valence-corrected chi connectivity index (χ2v) is 8.14. The van der Waals surface area contributed by atoms with Gasteiger partial charge in [-0.15, -0.1) is 11.3 Å². The Hall–Kier alpha value is -1.43. The van der Waals surface area contributed by atoms with E-state index in [-0.39, 0.29) is 0 Å². The Kier molecular flexibility index (Phi) is 7.47. The van der Waals surface area contributed by atoms with Crippen LogP contribution in [-0.4, -0.2) is 54.6 Å². The van der Waals surface area contributed by atoms with Crippen molar-refractivity contribution < 1.29 is 4.74 Å². The Morgan fingerprint density at radius 2 is 2.31 bits per heavy atom. The fourth-order valence-corrected chi connectivity index (χ4v) is 4.47. The van der Waals surface area contributed by atoms with Crippen molar-refractivity contribution >= 4 is 11.3 Å². The van der Waals surface area contributed by atoms with Crippen LogP contribution >= 0.6 is 11.3 Å². The summed E-state index contributed by atoms with van der Waals surface area (Å²) in [5.41, 5.74) is 1.37. The number of rotatable bonds is 9. The minimum Gasteiger partial charge on any atom is -0.497 e. The molecular formula is C21H31N3OS. The second kappa shape index (κ2) is 10.0. The van der Waals surface area contributed by atoms with E-state index in [2.05, 4.69) is 45.3 Å². The molecule has 0 spiro atoms. The summed E-state index contributed by atoms with van der Waals surface area (Å²) in [7, 11) is 1.74. The zero-order valence-corrected chi connectivity index (χ0v) is 16.9. The number of hydrogen-bond donors (Lipinski definition) is 0. The highest BCUT2D eigenvalue weighted by Gasteiger charge is 2.22. The molecule has 0 N–H and O–H groups in total. The highest BCUT2D eigenvalue weighted by atomic mass is 32.1. The average molecular weight is 374 g/mol. The molecule has 0 bridgehead atoms. The van der Waals surface area contributed by atoms with Gasteiger partial charge >= 0.3 is 0 Å². The van der Waals surface area contributed by atoms with Crippen LogP contribution in [0.2, 0.25) is 0 Å². The van der Waals surface area contributed by atoms with E-state index >= 15 is 0 Å². The SMILES string of the molecule is CCN(Cc1nccs1)C[C@@H]1CCCN(CCc2cccc(OC)c2)C1. The first kappa shape index (κ1) is 19.3. The molecule has 1 aliphatic heterocycles. The number of methoxy groups -OCH3 is 1. The van der Waals surface area contributed by atoms with Crippen molar-refractivity contribution in [2.75, 3.05) is 39.8 Å². The Bertz CT molecular complexity index is 646. The van der Waals surface area contributed by atoms with Crippen LogP contribution in [0.5, 0.6) is 5.75 Å². The van der Waals surface area contributed by atoms with Gasteiger partial charge in [-0.1, -0.05) is 19.1 Å². The van der Waals surface area contributed by atoms with Gasteiger partial charge in [0.1, 0.15) is 10.8 Å². The molecule has 1 aliphatic rings. The smallest absolute Gasteiger partial charge is 0.119 e. The number of benzene rings is 1. The molecule has 142 valence electrons. The average Bonchev–Trinajstić information content (AvgIpc) is 3.19. The largest absolute Gasteiger partial charge is 0.497 e. The fraction of sp³-hybridized carbons (Fsp3) is 0.571. The summed E-state index contributed by atoms with van der Waals surface area (Å²) < 4.78 is 5.34. The Morgan fingerprint density at radius 3 is 3.08 bits per heavy atom. The van der Waals surface area contributed by atoms with Crippen molar-refractivity contribution in [1.82, 2.24) is 14.8 Å². The lowest BCUT2D eigenvalue weighted by Crippen LogP contribution is -2.41. The lowest BCUT2D eigenvalue weighted by atomic mass is 9.97. The van der Waals surface area contributed by atoms with Crippen LogP contribution in [0.4, 0.5) is 0 Å². The van der Waals surface area contributed by atoms with Gasteiger partial charge in [0.25, 0.3) is 0 Å². The van der Waals surface area contributed by atoms with Gasteiger partial charge in [-0.05, 0) is 56.0 Å². The third-order valence-electron chi connectivity index (χ3n) is 5.26. The van der Waals surface area contributed by atoms with Gasteiger partial charge in [0.15, 0.2) is 0 Å². The summed E-state index contributed by atoms with van der Waals surface area (Å²) in [6.07, 6.45) is 5.68. The van der Waals surface area contributed by atoms with Crippen LogP contribution in [0.3, 0.4) is 0 Å². The van der Waals surface area contributed by atoms with Crippen molar-refractivity contribution in [2.45, 2.75) is 32.7 Å². The number of thiazole rings is 1. The molecule has 1 aromatic heterocycles. The standard InChI is InChI=1S/C21H31N3OS/c1-3-23(17-21-22-10-13-26-21)15-19-7-5-11-24(16-19)12-9-18-6-4-8-20(14-18)25-2/h4,6,8,10,13-14,19H,3,5,7,9,11-12,15-17H2,1-2H3/t19-/m0/s1. The van der Waals surface area contributed by atoms with Crippen molar-refractivity contribution in [2.24, 2.45) is 5.92 Å². The van der Waals surface area contributed by atoms with E-state index in [1.807, 2.05) is 12.3 Å². The minimum absolute atomic E-state index is 0.772. The molecule has 1 saturated heterocycles.